The Balaban J connectivity index is 2.05. The van der Waals surface area contributed by atoms with Gasteiger partial charge in [0.15, 0.2) is 0 Å². The minimum absolute atomic E-state index is 0.818. The van der Waals surface area contributed by atoms with Crippen molar-refractivity contribution in [3.8, 4) is 0 Å². The number of nitrogens with zero attached hydrogens (tertiary/aromatic N) is 2. The number of para-hydroxylation sites is 1. The van der Waals surface area contributed by atoms with Gasteiger partial charge in [0.1, 0.15) is 0 Å². The fourth-order valence-electron chi connectivity index (χ4n) is 1.75. The van der Waals surface area contributed by atoms with E-state index in [4.69, 9.17) is 0 Å². The summed E-state index contributed by atoms with van der Waals surface area (Å²) in [5, 5.41) is 7.68. The smallest absolute Gasteiger partial charge is 0.0575 e. The van der Waals surface area contributed by atoms with Crippen LogP contribution in [0.4, 0.5) is 5.69 Å². The molecule has 0 atom stereocenters. The molecule has 0 saturated carbocycles. The molecule has 0 saturated heterocycles. The van der Waals surface area contributed by atoms with E-state index in [1.54, 1.807) is 0 Å². The van der Waals surface area contributed by atoms with Gasteiger partial charge in [-0.15, -0.1) is 0 Å². The van der Waals surface area contributed by atoms with Crippen LogP contribution in [0, 0.1) is 6.92 Å². The van der Waals surface area contributed by atoms with Gasteiger partial charge in [-0.2, -0.15) is 5.10 Å². The SMILES string of the molecule is CCn1nccc1CNc1ccccc1C. The molecule has 0 spiro atoms. The average Bonchev–Trinajstić information content (AvgIpc) is 2.75. The Labute approximate surface area is 96.1 Å². The maximum Gasteiger partial charge on any atom is 0.0575 e. The van der Waals surface area contributed by atoms with E-state index < -0.39 is 0 Å². The number of anilines is 1. The molecule has 1 aromatic carbocycles. The summed E-state index contributed by atoms with van der Waals surface area (Å²) in [6, 6.07) is 10.4. The highest BCUT2D eigenvalue weighted by molar-refractivity contribution is 5.50. The number of hydrogen-bond donors (Lipinski definition) is 1. The van der Waals surface area contributed by atoms with Crippen LogP contribution < -0.4 is 5.32 Å². The van der Waals surface area contributed by atoms with Gasteiger partial charge in [-0.05, 0) is 31.5 Å². The molecule has 16 heavy (non-hydrogen) atoms. The van der Waals surface area contributed by atoms with Gasteiger partial charge in [0.05, 0.1) is 12.2 Å². The van der Waals surface area contributed by atoms with Gasteiger partial charge in [0, 0.05) is 18.4 Å². The summed E-state index contributed by atoms with van der Waals surface area (Å²) in [4.78, 5) is 0. The molecule has 2 rings (SSSR count). The van der Waals surface area contributed by atoms with Gasteiger partial charge >= 0.3 is 0 Å². The lowest BCUT2D eigenvalue weighted by Crippen LogP contribution is -2.08. The summed E-state index contributed by atoms with van der Waals surface area (Å²) in [5.41, 5.74) is 3.67. The van der Waals surface area contributed by atoms with Gasteiger partial charge in [0.2, 0.25) is 0 Å². The van der Waals surface area contributed by atoms with E-state index >= 15 is 0 Å². The number of rotatable bonds is 4. The lowest BCUT2D eigenvalue weighted by Gasteiger charge is -2.10. The number of benzene rings is 1. The number of aromatic nitrogens is 2. The van der Waals surface area contributed by atoms with E-state index in [-0.39, 0.29) is 0 Å². The summed E-state index contributed by atoms with van der Waals surface area (Å²) in [6.45, 7) is 5.94. The summed E-state index contributed by atoms with van der Waals surface area (Å²) >= 11 is 0. The average molecular weight is 215 g/mol. The van der Waals surface area contributed by atoms with Crippen LogP contribution in [0.15, 0.2) is 36.5 Å². The molecule has 0 bridgehead atoms. The molecule has 1 N–H and O–H groups in total. The molecule has 0 amide bonds. The Kier molecular flexibility index (Phi) is 3.25. The predicted octanol–water partition coefficient (Wildman–Crippen LogP) is 2.82. The minimum atomic E-state index is 0.818. The molecule has 1 heterocycles. The topological polar surface area (TPSA) is 29.9 Å². The lowest BCUT2D eigenvalue weighted by atomic mass is 10.2. The van der Waals surface area contributed by atoms with E-state index in [0.29, 0.717) is 0 Å². The molecule has 2 aromatic rings. The molecule has 3 nitrogen and oxygen atoms in total. The summed E-state index contributed by atoms with van der Waals surface area (Å²) < 4.78 is 2.01. The van der Waals surface area contributed by atoms with Crippen LogP contribution in [-0.2, 0) is 13.1 Å². The second-order valence-electron chi connectivity index (χ2n) is 3.81. The van der Waals surface area contributed by atoms with Gasteiger partial charge in [-0.25, -0.2) is 0 Å². The second-order valence-corrected chi connectivity index (χ2v) is 3.81. The standard InChI is InChI=1S/C13H17N3/c1-3-16-12(8-9-15-16)10-14-13-7-5-4-6-11(13)2/h4-9,14H,3,10H2,1-2H3. The molecule has 0 aliphatic rings. The maximum atomic E-state index is 4.25. The van der Waals surface area contributed by atoms with Crippen molar-refractivity contribution < 1.29 is 0 Å². The van der Waals surface area contributed by atoms with Crippen LogP contribution in [0.5, 0.6) is 0 Å². The maximum absolute atomic E-state index is 4.25. The molecule has 3 heteroatoms. The minimum Gasteiger partial charge on any atom is -0.379 e. The van der Waals surface area contributed by atoms with Gasteiger partial charge in [0.25, 0.3) is 0 Å². The van der Waals surface area contributed by atoms with E-state index in [1.807, 2.05) is 16.9 Å². The molecular weight excluding hydrogens is 198 g/mol. The molecule has 0 fully saturated rings. The van der Waals surface area contributed by atoms with Crippen LogP contribution in [0.1, 0.15) is 18.2 Å². The largest absolute Gasteiger partial charge is 0.379 e. The first-order chi connectivity index (χ1) is 7.81. The Morgan fingerprint density at radius 1 is 1.25 bits per heavy atom. The van der Waals surface area contributed by atoms with Gasteiger partial charge in [-0.3, -0.25) is 4.68 Å². The van der Waals surface area contributed by atoms with Crippen LogP contribution in [0.2, 0.25) is 0 Å². The van der Waals surface area contributed by atoms with Crippen LogP contribution in [-0.4, -0.2) is 9.78 Å². The first kappa shape index (κ1) is 10.7. The molecule has 0 unspecified atom stereocenters. The van der Waals surface area contributed by atoms with Crippen molar-refractivity contribution in [1.82, 2.24) is 9.78 Å². The van der Waals surface area contributed by atoms with E-state index in [0.717, 1.165) is 13.1 Å². The fraction of sp³-hybridized carbons (Fsp3) is 0.308. The highest BCUT2D eigenvalue weighted by Gasteiger charge is 2.01. The van der Waals surface area contributed by atoms with Crippen molar-refractivity contribution in [3.05, 3.63) is 47.8 Å². The molecule has 84 valence electrons. The van der Waals surface area contributed by atoms with Crippen molar-refractivity contribution in [2.24, 2.45) is 0 Å². The van der Waals surface area contributed by atoms with Crippen LogP contribution in [0.3, 0.4) is 0 Å². The quantitative estimate of drug-likeness (QED) is 0.850. The summed E-state index contributed by atoms with van der Waals surface area (Å²) in [6.07, 6.45) is 1.85. The van der Waals surface area contributed by atoms with Crippen molar-refractivity contribution in [2.45, 2.75) is 26.9 Å². The molecule has 0 radical (unpaired) electrons. The van der Waals surface area contributed by atoms with Crippen molar-refractivity contribution in [1.29, 1.82) is 0 Å². The van der Waals surface area contributed by atoms with E-state index in [1.165, 1.54) is 16.9 Å². The predicted molar refractivity (Wildman–Crippen MR) is 66.4 cm³/mol. The van der Waals surface area contributed by atoms with Crippen LogP contribution in [0.25, 0.3) is 0 Å². The molecule has 0 aliphatic heterocycles. The summed E-state index contributed by atoms with van der Waals surface area (Å²) in [5.74, 6) is 0. The van der Waals surface area contributed by atoms with Gasteiger partial charge in [-0.1, -0.05) is 18.2 Å². The Hall–Kier alpha value is -1.77. The summed E-state index contributed by atoms with van der Waals surface area (Å²) in [7, 11) is 0. The third kappa shape index (κ3) is 2.24. The van der Waals surface area contributed by atoms with Crippen molar-refractivity contribution >= 4 is 5.69 Å². The molecule has 1 aromatic heterocycles. The fourth-order valence-corrected chi connectivity index (χ4v) is 1.75. The van der Waals surface area contributed by atoms with E-state index in [2.05, 4.69) is 48.5 Å². The van der Waals surface area contributed by atoms with Crippen molar-refractivity contribution in [2.75, 3.05) is 5.32 Å². The molecular formula is C13H17N3. The third-order valence-corrected chi connectivity index (χ3v) is 2.71. The highest BCUT2D eigenvalue weighted by atomic mass is 15.3. The molecule has 0 aliphatic carbocycles. The first-order valence-electron chi connectivity index (χ1n) is 5.61. The number of hydrogen-bond acceptors (Lipinski definition) is 2. The third-order valence-electron chi connectivity index (χ3n) is 2.71. The highest BCUT2D eigenvalue weighted by Crippen LogP contribution is 2.14. The second kappa shape index (κ2) is 4.84. The van der Waals surface area contributed by atoms with E-state index in [9.17, 15) is 0 Å². The first-order valence-corrected chi connectivity index (χ1v) is 5.61. The lowest BCUT2D eigenvalue weighted by molar-refractivity contribution is 0.627. The van der Waals surface area contributed by atoms with Gasteiger partial charge < -0.3 is 5.32 Å². The zero-order chi connectivity index (χ0) is 11.4. The Morgan fingerprint density at radius 2 is 2.06 bits per heavy atom. The monoisotopic (exact) mass is 215 g/mol. The Bertz CT molecular complexity index is 460. The van der Waals surface area contributed by atoms with Crippen molar-refractivity contribution in [3.63, 3.8) is 0 Å². The zero-order valence-electron chi connectivity index (χ0n) is 9.77. The zero-order valence-corrected chi connectivity index (χ0v) is 9.77. The Morgan fingerprint density at radius 3 is 2.81 bits per heavy atom. The number of aryl methyl sites for hydroxylation is 2. The number of nitrogens with one attached hydrogen (secondary N) is 1. The van der Waals surface area contributed by atoms with Crippen LogP contribution >= 0.6 is 0 Å². The normalized spacial score (nSPS) is 10.4.